The molecule has 0 saturated carbocycles. The van der Waals surface area contributed by atoms with Crippen molar-refractivity contribution in [2.45, 2.75) is 31.5 Å². The Hall–Kier alpha value is -0.730. The highest BCUT2D eigenvalue weighted by Gasteiger charge is 2.35. The molecule has 0 bridgehead atoms. The van der Waals surface area contributed by atoms with Gasteiger partial charge in [0.1, 0.15) is 6.17 Å². The molecule has 2 aliphatic heterocycles. The van der Waals surface area contributed by atoms with Crippen LogP contribution in [0.15, 0.2) is 0 Å². The van der Waals surface area contributed by atoms with E-state index in [0.717, 1.165) is 0 Å². The number of alkyl halides is 1. The van der Waals surface area contributed by atoms with E-state index in [0.29, 0.717) is 25.9 Å². The maximum atomic E-state index is 13.4. The minimum absolute atomic E-state index is 0.123. The number of halogens is 1. The van der Waals surface area contributed by atoms with Crippen molar-refractivity contribution in [2.24, 2.45) is 0 Å². The van der Waals surface area contributed by atoms with E-state index in [1.807, 2.05) is 0 Å². The minimum atomic E-state index is -3.16. The van der Waals surface area contributed by atoms with E-state index in [-0.39, 0.29) is 37.2 Å². The first-order chi connectivity index (χ1) is 9.44. The van der Waals surface area contributed by atoms with E-state index in [9.17, 15) is 17.6 Å². The highest BCUT2D eigenvalue weighted by atomic mass is 32.2. The summed E-state index contributed by atoms with van der Waals surface area (Å²) in [5, 5.41) is 2.96. The lowest BCUT2D eigenvalue weighted by molar-refractivity contribution is -0.132. The van der Waals surface area contributed by atoms with Gasteiger partial charge in [0.15, 0.2) is 0 Å². The van der Waals surface area contributed by atoms with Crippen LogP contribution in [0.1, 0.15) is 19.3 Å². The number of nitrogens with one attached hydrogen (secondary N) is 1. The van der Waals surface area contributed by atoms with Crippen molar-refractivity contribution in [3.8, 4) is 0 Å². The zero-order valence-electron chi connectivity index (χ0n) is 11.7. The van der Waals surface area contributed by atoms with E-state index in [2.05, 4.69) is 5.32 Å². The molecule has 0 aromatic carbocycles. The highest BCUT2D eigenvalue weighted by Crippen LogP contribution is 2.21. The van der Waals surface area contributed by atoms with E-state index in [4.69, 9.17) is 0 Å². The molecule has 1 amide bonds. The molecule has 2 saturated heterocycles. The standard InChI is InChI=1S/C12H22FN3O3S/c1-14-8-11-7-10(13)9-16(11)12(17)3-5-15-4-2-6-20(15,18)19/h10-11,14H,2-9H2,1H3/t10-,11-/m0/s1. The second kappa shape index (κ2) is 6.36. The van der Waals surface area contributed by atoms with Crippen molar-refractivity contribution < 1.29 is 17.6 Å². The van der Waals surface area contributed by atoms with Crippen molar-refractivity contribution in [2.75, 3.05) is 39.0 Å². The summed E-state index contributed by atoms with van der Waals surface area (Å²) >= 11 is 0. The minimum Gasteiger partial charge on any atom is -0.335 e. The van der Waals surface area contributed by atoms with Gasteiger partial charge in [0.25, 0.3) is 0 Å². The first-order valence-electron chi connectivity index (χ1n) is 7.00. The van der Waals surface area contributed by atoms with Crippen LogP contribution in [0.2, 0.25) is 0 Å². The predicted octanol–water partition coefficient (Wildman–Crippen LogP) is -0.430. The third-order valence-corrected chi connectivity index (χ3v) is 5.86. The van der Waals surface area contributed by atoms with Crippen LogP contribution in [0.25, 0.3) is 0 Å². The number of hydrogen-bond donors (Lipinski definition) is 1. The quantitative estimate of drug-likeness (QED) is 0.748. The van der Waals surface area contributed by atoms with Gasteiger partial charge in [-0.05, 0) is 13.5 Å². The summed E-state index contributed by atoms with van der Waals surface area (Å²) in [6.45, 7) is 1.38. The summed E-state index contributed by atoms with van der Waals surface area (Å²) in [6, 6.07) is -0.127. The Kier molecular flexibility index (Phi) is 4.98. The molecular weight excluding hydrogens is 285 g/mol. The topological polar surface area (TPSA) is 69.7 Å². The van der Waals surface area contributed by atoms with E-state index >= 15 is 0 Å². The number of hydrogen-bond acceptors (Lipinski definition) is 4. The average Bonchev–Trinajstić information content (AvgIpc) is 2.90. The predicted molar refractivity (Wildman–Crippen MR) is 73.5 cm³/mol. The molecule has 0 spiro atoms. The summed E-state index contributed by atoms with van der Waals surface area (Å²) < 4.78 is 38.1. The van der Waals surface area contributed by atoms with Gasteiger partial charge in [-0.2, -0.15) is 0 Å². The van der Waals surface area contributed by atoms with Crippen LogP contribution >= 0.6 is 0 Å². The van der Waals surface area contributed by atoms with E-state index in [1.165, 1.54) is 4.31 Å². The SMILES string of the molecule is CNC[C@@H]1C[C@H](F)CN1C(=O)CCN1CCCS1(=O)=O. The average molecular weight is 307 g/mol. The zero-order chi connectivity index (χ0) is 14.8. The van der Waals surface area contributed by atoms with Crippen molar-refractivity contribution in [1.82, 2.24) is 14.5 Å². The fourth-order valence-corrected chi connectivity index (χ4v) is 4.43. The van der Waals surface area contributed by atoms with Gasteiger partial charge in [-0.1, -0.05) is 0 Å². The lowest BCUT2D eigenvalue weighted by Crippen LogP contribution is -2.42. The first-order valence-corrected chi connectivity index (χ1v) is 8.61. The molecule has 2 atom stereocenters. The largest absolute Gasteiger partial charge is 0.335 e. The molecule has 0 unspecified atom stereocenters. The number of nitrogens with zero attached hydrogens (tertiary/aromatic N) is 2. The zero-order valence-corrected chi connectivity index (χ0v) is 12.5. The van der Waals surface area contributed by atoms with Gasteiger partial charge < -0.3 is 10.2 Å². The third kappa shape index (κ3) is 3.48. The number of carbonyl (C=O) groups is 1. The van der Waals surface area contributed by atoms with Crippen molar-refractivity contribution in [3.05, 3.63) is 0 Å². The smallest absolute Gasteiger partial charge is 0.224 e. The monoisotopic (exact) mass is 307 g/mol. The lowest BCUT2D eigenvalue weighted by Gasteiger charge is -2.25. The molecule has 8 heteroatoms. The third-order valence-electron chi connectivity index (χ3n) is 3.90. The van der Waals surface area contributed by atoms with Crippen molar-refractivity contribution in [3.63, 3.8) is 0 Å². The van der Waals surface area contributed by atoms with E-state index < -0.39 is 16.2 Å². The Morgan fingerprint density at radius 1 is 1.45 bits per heavy atom. The van der Waals surface area contributed by atoms with Crippen LogP contribution in [0.5, 0.6) is 0 Å². The Morgan fingerprint density at radius 2 is 2.20 bits per heavy atom. The van der Waals surface area contributed by atoms with Crippen LogP contribution in [0, 0.1) is 0 Å². The van der Waals surface area contributed by atoms with Crippen LogP contribution < -0.4 is 5.32 Å². The van der Waals surface area contributed by atoms with Crippen LogP contribution in [-0.4, -0.2) is 74.7 Å². The molecule has 116 valence electrons. The maximum Gasteiger partial charge on any atom is 0.224 e. The van der Waals surface area contributed by atoms with Gasteiger partial charge in [0.05, 0.1) is 12.3 Å². The lowest BCUT2D eigenvalue weighted by atomic mass is 10.2. The fraction of sp³-hybridized carbons (Fsp3) is 0.917. The maximum absolute atomic E-state index is 13.4. The summed E-state index contributed by atoms with van der Waals surface area (Å²) in [5.74, 6) is 0.00678. The second-order valence-corrected chi connectivity index (χ2v) is 7.50. The summed E-state index contributed by atoms with van der Waals surface area (Å²) in [5.41, 5.74) is 0. The Labute approximate surface area is 119 Å². The number of carbonyl (C=O) groups excluding carboxylic acids is 1. The molecular formula is C12H22FN3O3S. The van der Waals surface area contributed by atoms with Crippen LogP contribution in [0.3, 0.4) is 0 Å². The molecule has 2 heterocycles. The van der Waals surface area contributed by atoms with Crippen molar-refractivity contribution >= 4 is 15.9 Å². The second-order valence-electron chi connectivity index (χ2n) is 5.41. The number of rotatable bonds is 5. The van der Waals surface area contributed by atoms with Crippen LogP contribution in [-0.2, 0) is 14.8 Å². The summed E-state index contributed by atoms with van der Waals surface area (Å²) in [4.78, 5) is 13.7. The Balaban J connectivity index is 1.88. The molecule has 0 radical (unpaired) electrons. The molecule has 6 nitrogen and oxygen atoms in total. The number of likely N-dealkylation sites (N-methyl/N-ethyl adjacent to an activating group) is 1. The molecule has 2 aliphatic rings. The number of likely N-dealkylation sites (tertiary alicyclic amines) is 1. The Bertz CT molecular complexity index is 457. The van der Waals surface area contributed by atoms with Gasteiger partial charge in [-0.25, -0.2) is 17.1 Å². The molecule has 2 rings (SSSR count). The summed E-state index contributed by atoms with van der Waals surface area (Å²) in [6.07, 6.45) is 0.128. The molecule has 2 fully saturated rings. The molecule has 1 N–H and O–H groups in total. The molecule has 20 heavy (non-hydrogen) atoms. The van der Waals surface area contributed by atoms with Gasteiger partial charge in [0.2, 0.25) is 15.9 Å². The summed E-state index contributed by atoms with van der Waals surface area (Å²) in [7, 11) is -1.40. The molecule has 0 aromatic heterocycles. The number of sulfonamides is 1. The molecule has 0 aliphatic carbocycles. The van der Waals surface area contributed by atoms with Gasteiger partial charge in [-0.3, -0.25) is 4.79 Å². The van der Waals surface area contributed by atoms with E-state index in [1.54, 1.807) is 11.9 Å². The van der Waals surface area contributed by atoms with Gasteiger partial charge in [-0.15, -0.1) is 0 Å². The molecule has 0 aromatic rings. The van der Waals surface area contributed by atoms with Gasteiger partial charge >= 0.3 is 0 Å². The number of amides is 1. The first kappa shape index (κ1) is 15.7. The van der Waals surface area contributed by atoms with Gasteiger partial charge in [0, 0.05) is 38.5 Å². The Morgan fingerprint density at radius 3 is 2.80 bits per heavy atom. The normalized spacial score (nSPS) is 30.0. The van der Waals surface area contributed by atoms with Crippen LogP contribution in [0.4, 0.5) is 4.39 Å². The van der Waals surface area contributed by atoms with Crippen molar-refractivity contribution in [1.29, 1.82) is 0 Å². The highest BCUT2D eigenvalue weighted by molar-refractivity contribution is 7.89. The fourth-order valence-electron chi connectivity index (χ4n) is 2.90.